The molecule has 18 heavy (non-hydrogen) atoms. The maximum absolute atomic E-state index is 5.63. The van der Waals surface area contributed by atoms with Crippen LogP contribution in [0.3, 0.4) is 0 Å². The Morgan fingerprint density at radius 3 is 2.00 bits per heavy atom. The molecule has 1 aromatic carbocycles. The first-order valence-electron chi connectivity index (χ1n) is 6.85. The van der Waals surface area contributed by atoms with Gasteiger partial charge < -0.3 is 9.47 Å². The monoisotopic (exact) mass is 250 g/mol. The maximum Gasteiger partial charge on any atom is 0.119 e. The second-order valence-electron chi connectivity index (χ2n) is 5.37. The highest BCUT2D eigenvalue weighted by atomic mass is 16.5. The smallest absolute Gasteiger partial charge is 0.119 e. The number of hydrogen-bond donors (Lipinski definition) is 0. The van der Waals surface area contributed by atoms with Crippen molar-refractivity contribution in [3.05, 3.63) is 29.8 Å². The molecule has 1 atom stereocenters. The Labute approximate surface area is 111 Å². The molecule has 0 bridgehead atoms. The van der Waals surface area contributed by atoms with Crippen molar-refractivity contribution >= 4 is 0 Å². The van der Waals surface area contributed by atoms with E-state index in [1.54, 1.807) is 0 Å². The van der Waals surface area contributed by atoms with Gasteiger partial charge in [-0.15, -0.1) is 0 Å². The highest BCUT2D eigenvalue weighted by Gasteiger charge is 2.09. The molecule has 0 amide bonds. The minimum Gasteiger partial charge on any atom is -0.491 e. The Morgan fingerprint density at radius 1 is 0.889 bits per heavy atom. The molecule has 2 nitrogen and oxygen atoms in total. The minimum absolute atomic E-state index is 0.267. The number of benzene rings is 1. The van der Waals surface area contributed by atoms with Gasteiger partial charge in [0.05, 0.1) is 12.7 Å². The lowest BCUT2D eigenvalue weighted by Gasteiger charge is -2.16. The molecule has 1 rings (SSSR count). The molecular formula is C16H26O2. The van der Waals surface area contributed by atoms with Crippen LogP contribution in [0.5, 0.6) is 5.75 Å². The third-order valence-corrected chi connectivity index (χ3v) is 3.21. The predicted octanol–water partition coefficient (Wildman–Crippen LogP) is 4.25. The van der Waals surface area contributed by atoms with E-state index < -0.39 is 0 Å². The van der Waals surface area contributed by atoms with Crippen LogP contribution in [0.4, 0.5) is 0 Å². The van der Waals surface area contributed by atoms with E-state index >= 15 is 0 Å². The van der Waals surface area contributed by atoms with Gasteiger partial charge in [0.15, 0.2) is 0 Å². The van der Waals surface area contributed by atoms with Gasteiger partial charge in [0.1, 0.15) is 12.4 Å². The van der Waals surface area contributed by atoms with Gasteiger partial charge >= 0.3 is 0 Å². The summed E-state index contributed by atoms with van der Waals surface area (Å²) in [6, 6.07) is 8.40. The summed E-state index contributed by atoms with van der Waals surface area (Å²) in [5.41, 5.74) is 1.37. The first kappa shape index (κ1) is 15.0. The molecule has 0 saturated heterocycles. The van der Waals surface area contributed by atoms with Gasteiger partial charge in [-0.1, -0.05) is 32.9 Å². The Morgan fingerprint density at radius 2 is 1.50 bits per heavy atom. The van der Waals surface area contributed by atoms with Gasteiger partial charge in [-0.25, -0.2) is 0 Å². The fraction of sp³-hybridized carbons (Fsp3) is 0.625. The molecule has 0 aromatic heterocycles. The van der Waals surface area contributed by atoms with Crippen molar-refractivity contribution in [2.24, 2.45) is 5.92 Å². The van der Waals surface area contributed by atoms with Gasteiger partial charge in [-0.2, -0.15) is 0 Å². The van der Waals surface area contributed by atoms with Crippen LogP contribution in [0, 0.1) is 5.92 Å². The molecule has 0 aliphatic carbocycles. The van der Waals surface area contributed by atoms with E-state index in [4.69, 9.17) is 9.47 Å². The van der Waals surface area contributed by atoms with Crippen molar-refractivity contribution in [1.29, 1.82) is 0 Å². The van der Waals surface area contributed by atoms with Gasteiger partial charge in [-0.05, 0) is 43.4 Å². The van der Waals surface area contributed by atoms with E-state index in [0.29, 0.717) is 25.0 Å². The second kappa shape index (κ2) is 7.42. The predicted molar refractivity (Wildman–Crippen MR) is 76.3 cm³/mol. The van der Waals surface area contributed by atoms with Crippen molar-refractivity contribution in [2.45, 2.75) is 46.6 Å². The van der Waals surface area contributed by atoms with Crippen molar-refractivity contribution in [1.82, 2.24) is 0 Å². The fourth-order valence-corrected chi connectivity index (χ4v) is 1.70. The summed E-state index contributed by atoms with van der Waals surface area (Å²) in [6.07, 6.45) is 0.267. The van der Waals surface area contributed by atoms with Crippen LogP contribution >= 0.6 is 0 Å². The zero-order valence-corrected chi connectivity index (χ0v) is 12.3. The summed E-state index contributed by atoms with van der Waals surface area (Å²) < 4.78 is 11.1. The van der Waals surface area contributed by atoms with Crippen molar-refractivity contribution < 1.29 is 9.47 Å². The molecule has 0 radical (unpaired) electrons. The average molecular weight is 250 g/mol. The van der Waals surface area contributed by atoms with Crippen LogP contribution < -0.4 is 4.74 Å². The molecule has 1 aromatic rings. The third kappa shape index (κ3) is 5.09. The van der Waals surface area contributed by atoms with E-state index in [9.17, 15) is 0 Å². The van der Waals surface area contributed by atoms with Crippen LogP contribution in [-0.4, -0.2) is 19.3 Å². The lowest BCUT2D eigenvalue weighted by molar-refractivity contribution is 0.0552. The summed E-state index contributed by atoms with van der Waals surface area (Å²) in [5.74, 6) is 2.17. The molecule has 1 unspecified atom stereocenters. The molecule has 0 saturated carbocycles. The zero-order chi connectivity index (χ0) is 13.5. The van der Waals surface area contributed by atoms with Crippen molar-refractivity contribution in [3.63, 3.8) is 0 Å². The molecule has 0 heterocycles. The SMILES string of the molecule is CC(C)OCCOc1ccc(C(C)C(C)C)cc1. The fourth-order valence-electron chi connectivity index (χ4n) is 1.70. The van der Waals surface area contributed by atoms with E-state index in [2.05, 4.69) is 32.9 Å². The van der Waals surface area contributed by atoms with E-state index in [1.807, 2.05) is 26.0 Å². The quantitative estimate of drug-likeness (QED) is 0.673. The summed E-state index contributed by atoms with van der Waals surface area (Å²) in [4.78, 5) is 0. The van der Waals surface area contributed by atoms with E-state index in [1.165, 1.54) is 5.56 Å². The topological polar surface area (TPSA) is 18.5 Å². The normalized spacial score (nSPS) is 13.1. The van der Waals surface area contributed by atoms with Crippen LogP contribution in [0.25, 0.3) is 0 Å². The molecule has 0 aliphatic rings. The first-order valence-corrected chi connectivity index (χ1v) is 6.85. The Hall–Kier alpha value is -1.02. The average Bonchev–Trinajstić information content (AvgIpc) is 2.34. The molecule has 0 aliphatic heterocycles. The summed E-state index contributed by atoms with van der Waals surface area (Å²) >= 11 is 0. The lowest BCUT2D eigenvalue weighted by Crippen LogP contribution is -2.11. The molecule has 0 N–H and O–H groups in total. The van der Waals surface area contributed by atoms with Crippen LogP contribution in [-0.2, 0) is 4.74 Å². The number of hydrogen-bond acceptors (Lipinski definition) is 2. The van der Waals surface area contributed by atoms with Crippen LogP contribution in [0.15, 0.2) is 24.3 Å². The molecular weight excluding hydrogens is 224 g/mol. The maximum atomic E-state index is 5.63. The number of ether oxygens (including phenoxy) is 2. The first-order chi connectivity index (χ1) is 8.50. The highest BCUT2D eigenvalue weighted by Crippen LogP contribution is 2.25. The highest BCUT2D eigenvalue weighted by molar-refractivity contribution is 5.29. The largest absolute Gasteiger partial charge is 0.491 e. The molecule has 2 heteroatoms. The lowest BCUT2D eigenvalue weighted by atomic mass is 9.90. The van der Waals surface area contributed by atoms with E-state index in [0.717, 1.165) is 5.75 Å². The summed E-state index contributed by atoms with van der Waals surface area (Å²) in [6.45, 7) is 12.1. The van der Waals surface area contributed by atoms with Gasteiger partial charge in [0, 0.05) is 0 Å². The molecule has 0 spiro atoms. The summed E-state index contributed by atoms with van der Waals surface area (Å²) in [7, 11) is 0. The standard InChI is InChI=1S/C16H26O2/c1-12(2)14(5)15-6-8-16(9-7-15)18-11-10-17-13(3)4/h6-9,12-14H,10-11H2,1-5H3. The summed E-state index contributed by atoms with van der Waals surface area (Å²) in [5, 5.41) is 0. The second-order valence-corrected chi connectivity index (χ2v) is 5.37. The van der Waals surface area contributed by atoms with Crippen LogP contribution in [0.1, 0.15) is 46.1 Å². The van der Waals surface area contributed by atoms with Crippen molar-refractivity contribution in [2.75, 3.05) is 13.2 Å². The Kier molecular flexibility index (Phi) is 6.20. The van der Waals surface area contributed by atoms with Gasteiger partial charge in [0.2, 0.25) is 0 Å². The van der Waals surface area contributed by atoms with E-state index in [-0.39, 0.29) is 6.10 Å². The molecule has 0 fully saturated rings. The zero-order valence-electron chi connectivity index (χ0n) is 12.3. The Bertz CT molecular complexity index is 327. The van der Waals surface area contributed by atoms with Crippen molar-refractivity contribution in [3.8, 4) is 5.75 Å². The Balaban J connectivity index is 2.41. The number of rotatable bonds is 7. The van der Waals surface area contributed by atoms with Gasteiger partial charge in [0.25, 0.3) is 0 Å². The third-order valence-electron chi connectivity index (χ3n) is 3.21. The minimum atomic E-state index is 0.267. The van der Waals surface area contributed by atoms with Crippen LogP contribution in [0.2, 0.25) is 0 Å². The molecule has 102 valence electrons. The van der Waals surface area contributed by atoms with Gasteiger partial charge in [-0.3, -0.25) is 0 Å².